The summed E-state index contributed by atoms with van der Waals surface area (Å²) in [6.45, 7) is 6.51. The molecule has 1 N–H and O–H groups in total. The van der Waals surface area contributed by atoms with Gasteiger partial charge in [0, 0.05) is 16.2 Å². The Labute approximate surface area is 88.4 Å². The van der Waals surface area contributed by atoms with Crippen molar-refractivity contribution in [1.82, 2.24) is 9.97 Å². The molecule has 2 aromatic heterocycles. The molecule has 2 aromatic rings. The number of rotatable bonds is 3. The Morgan fingerprint density at radius 3 is 2.71 bits per heavy atom. The monoisotopic (exact) mass is 208 g/mol. The van der Waals surface area contributed by atoms with Crippen molar-refractivity contribution in [2.24, 2.45) is 0 Å². The van der Waals surface area contributed by atoms with Crippen molar-refractivity contribution < 1.29 is 0 Å². The van der Waals surface area contributed by atoms with Gasteiger partial charge in [-0.1, -0.05) is 13.3 Å². The number of H-pyrrole nitrogens is 1. The molecule has 0 aliphatic rings. The molecule has 2 nitrogen and oxygen atoms in total. The summed E-state index contributed by atoms with van der Waals surface area (Å²) in [6, 6.07) is 0. The lowest BCUT2D eigenvalue weighted by Crippen LogP contribution is -1.86. The van der Waals surface area contributed by atoms with Gasteiger partial charge in [-0.3, -0.25) is 0 Å². The number of nitrogens with one attached hydrogen (secondary N) is 1. The average molecular weight is 208 g/mol. The van der Waals surface area contributed by atoms with Crippen molar-refractivity contribution in [2.75, 3.05) is 0 Å². The van der Waals surface area contributed by atoms with Gasteiger partial charge in [-0.05, 0) is 20.3 Å². The predicted molar refractivity (Wildman–Crippen MR) is 62.1 cm³/mol. The molecule has 0 atom stereocenters. The second-order valence-electron chi connectivity index (χ2n) is 3.73. The van der Waals surface area contributed by atoms with Gasteiger partial charge in [0.25, 0.3) is 0 Å². The van der Waals surface area contributed by atoms with Crippen LogP contribution >= 0.6 is 11.3 Å². The summed E-state index contributed by atoms with van der Waals surface area (Å²) in [4.78, 5) is 10.7. The maximum absolute atomic E-state index is 4.63. The molecule has 2 heterocycles. The van der Waals surface area contributed by atoms with Crippen LogP contribution in [0.3, 0.4) is 0 Å². The van der Waals surface area contributed by atoms with Crippen LogP contribution in [0.25, 0.3) is 11.0 Å². The standard InChI is InChI=1S/C11H16N2S/c1-4-5-6-9-12-10-7(2)14-8(3)11(10)13-9/h4-6H2,1-3H3,(H,12,13). The van der Waals surface area contributed by atoms with Gasteiger partial charge in [-0.25, -0.2) is 4.98 Å². The van der Waals surface area contributed by atoms with E-state index in [9.17, 15) is 0 Å². The molecule has 2 rings (SSSR count). The highest BCUT2D eigenvalue weighted by Crippen LogP contribution is 2.28. The summed E-state index contributed by atoms with van der Waals surface area (Å²) in [5.74, 6) is 1.15. The van der Waals surface area contributed by atoms with Gasteiger partial charge in [-0.2, -0.15) is 0 Å². The van der Waals surface area contributed by atoms with Crippen molar-refractivity contribution in [1.29, 1.82) is 0 Å². The minimum atomic E-state index is 1.08. The Morgan fingerprint density at radius 1 is 1.29 bits per heavy atom. The van der Waals surface area contributed by atoms with Crippen LogP contribution in [0.2, 0.25) is 0 Å². The van der Waals surface area contributed by atoms with Crippen molar-refractivity contribution in [3.05, 3.63) is 15.6 Å². The van der Waals surface area contributed by atoms with Crippen LogP contribution in [0, 0.1) is 13.8 Å². The Morgan fingerprint density at radius 2 is 2.07 bits per heavy atom. The average Bonchev–Trinajstić information content (AvgIpc) is 2.67. The molecule has 76 valence electrons. The lowest BCUT2D eigenvalue weighted by molar-refractivity contribution is 0.765. The third kappa shape index (κ3) is 1.57. The van der Waals surface area contributed by atoms with Crippen molar-refractivity contribution in [2.45, 2.75) is 40.0 Å². The Bertz CT molecular complexity index is 405. The van der Waals surface area contributed by atoms with Crippen LogP contribution in [0.4, 0.5) is 0 Å². The Kier molecular flexibility index (Phi) is 2.59. The zero-order valence-electron chi connectivity index (χ0n) is 8.98. The first-order valence-corrected chi connectivity index (χ1v) is 5.98. The maximum Gasteiger partial charge on any atom is 0.107 e. The molecule has 0 bridgehead atoms. The molecule has 0 fully saturated rings. The number of thiophene rings is 1. The fourth-order valence-corrected chi connectivity index (χ4v) is 2.68. The highest BCUT2D eigenvalue weighted by molar-refractivity contribution is 7.13. The van der Waals surface area contributed by atoms with Crippen LogP contribution in [-0.4, -0.2) is 9.97 Å². The molecule has 3 heteroatoms. The minimum absolute atomic E-state index is 1.08. The SMILES string of the molecule is CCCCc1nc2c(C)sc(C)c2[nH]1. The first-order valence-electron chi connectivity index (χ1n) is 5.17. The molecule has 0 amide bonds. The highest BCUT2D eigenvalue weighted by atomic mass is 32.1. The Balaban J connectivity index is 2.37. The molecular weight excluding hydrogens is 192 g/mol. The van der Waals surface area contributed by atoms with Gasteiger partial charge in [0.05, 0.1) is 5.52 Å². The van der Waals surface area contributed by atoms with Crippen molar-refractivity contribution in [3.63, 3.8) is 0 Å². The smallest absolute Gasteiger partial charge is 0.107 e. The molecule has 14 heavy (non-hydrogen) atoms. The zero-order valence-corrected chi connectivity index (χ0v) is 9.79. The van der Waals surface area contributed by atoms with Gasteiger partial charge in [0.1, 0.15) is 11.3 Å². The predicted octanol–water partition coefficient (Wildman–Crippen LogP) is 3.58. The number of aromatic nitrogens is 2. The van der Waals surface area contributed by atoms with E-state index in [0.29, 0.717) is 0 Å². The van der Waals surface area contributed by atoms with E-state index < -0.39 is 0 Å². The first kappa shape index (κ1) is 9.71. The second kappa shape index (κ2) is 3.73. The number of nitrogens with zero attached hydrogens (tertiary/aromatic N) is 1. The molecular formula is C11H16N2S. The summed E-state index contributed by atoms with van der Waals surface area (Å²) >= 11 is 1.83. The van der Waals surface area contributed by atoms with E-state index in [0.717, 1.165) is 12.2 Å². The van der Waals surface area contributed by atoms with Gasteiger partial charge in [0.2, 0.25) is 0 Å². The third-order valence-electron chi connectivity index (χ3n) is 2.51. The summed E-state index contributed by atoms with van der Waals surface area (Å²) in [5.41, 5.74) is 2.43. The van der Waals surface area contributed by atoms with E-state index in [1.165, 1.54) is 33.6 Å². The van der Waals surface area contributed by atoms with E-state index in [1.807, 2.05) is 11.3 Å². The van der Waals surface area contributed by atoms with Gasteiger partial charge < -0.3 is 4.98 Å². The first-order chi connectivity index (χ1) is 6.72. The quantitative estimate of drug-likeness (QED) is 0.820. The van der Waals surface area contributed by atoms with Gasteiger partial charge in [0.15, 0.2) is 0 Å². The molecule has 0 saturated carbocycles. The number of unbranched alkanes of at least 4 members (excludes halogenated alkanes) is 1. The molecule has 0 saturated heterocycles. The van der Waals surface area contributed by atoms with Crippen molar-refractivity contribution >= 4 is 22.4 Å². The lowest BCUT2D eigenvalue weighted by atomic mass is 10.2. The largest absolute Gasteiger partial charge is 0.341 e. The van der Waals surface area contributed by atoms with E-state index >= 15 is 0 Å². The number of hydrogen-bond acceptors (Lipinski definition) is 2. The summed E-state index contributed by atoms with van der Waals surface area (Å²) in [5, 5.41) is 0. The van der Waals surface area contributed by atoms with E-state index in [4.69, 9.17) is 0 Å². The minimum Gasteiger partial charge on any atom is -0.341 e. The molecule has 0 aliphatic carbocycles. The zero-order chi connectivity index (χ0) is 10.1. The summed E-state index contributed by atoms with van der Waals surface area (Å²) in [6.07, 6.45) is 3.53. The highest BCUT2D eigenvalue weighted by Gasteiger charge is 2.09. The molecule has 0 radical (unpaired) electrons. The molecule has 0 unspecified atom stereocenters. The molecule has 0 spiro atoms. The topological polar surface area (TPSA) is 28.7 Å². The van der Waals surface area contributed by atoms with Crippen molar-refractivity contribution in [3.8, 4) is 0 Å². The van der Waals surface area contributed by atoms with Crippen LogP contribution < -0.4 is 0 Å². The number of fused-ring (bicyclic) bond motifs is 1. The summed E-state index contributed by atoms with van der Waals surface area (Å²) in [7, 11) is 0. The van der Waals surface area contributed by atoms with Crippen LogP contribution in [0.1, 0.15) is 35.3 Å². The van der Waals surface area contributed by atoms with Gasteiger partial charge >= 0.3 is 0 Å². The fourth-order valence-electron chi connectivity index (χ4n) is 1.72. The van der Waals surface area contributed by atoms with E-state index in [2.05, 4.69) is 30.7 Å². The Hall–Kier alpha value is -0.830. The summed E-state index contributed by atoms with van der Waals surface area (Å²) < 4.78 is 0. The maximum atomic E-state index is 4.63. The van der Waals surface area contributed by atoms with Crippen LogP contribution in [0.15, 0.2) is 0 Å². The second-order valence-corrected chi connectivity index (χ2v) is 5.15. The van der Waals surface area contributed by atoms with E-state index in [-0.39, 0.29) is 0 Å². The van der Waals surface area contributed by atoms with E-state index in [1.54, 1.807) is 0 Å². The number of aryl methyl sites for hydroxylation is 3. The normalized spacial score (nSPS) is 11.4. The fraction of sp³-hybridized carbons (Fsp3) is 0.545. The van der Waals surface area contributed by atoms with Crippen LogP contribution in [0.5, 0.6) is 0 Å². The lowest BCUT2D eigenvalue weighted by Gasteiger charge is -1.92. The number of aromatic amines is 1. The molecule has 0 aliphatic heterocycles. The number of hydrogen-bond donors (Lipinski definition) is 1. The number of imidazole rings is 1. The third-order valence-corrected chi connectivity index (χ3v) is 3.52. The molecule has 0 aromatic carbocycles. The van der Waals surface area contributed by atoms with Crippen LogP contribution in [-0.2, 0) is 6.42 Å². The van der Waals surface area contributed by atoms with Gasteiger partial charge in [-0.15, -0.1) is 11.3 Å².